The summed E-state index contributed by atoms with van der Waals surface area (Å²) in [7, 11) is 0. The van der Waals surface area contributed by atoms with Crippen LogP contribution in [0.5, 0.6) is 0 Å². The van der Waals surface area contributed by atoms with Crippen LogP contribution < -0.4 is 5.73 Å². The van der Waals surface area contributed by atoms with E-state index < -0.39 is 0 Å². The molecule has 2 fully saturated rings. The molecule has 3 heteroatoms. The number of hydrogen-bond donors (Lipinski definition) is 1. The maximum atomic E-state index is 6.00. The predicted molar refractivity (Wildman–Crippen MR) is 52.5 cm³/mol. The van der Waals surface area contributed by atoms with Gasteiger partial charge < -0.3 is 10.5 Å². The molecule has 4 unspecified atom stereocenters. The van der Waals surface area contributed by atoms with Gasteiger partial charge in [-0.2, -0.15) is 0 Å². The lowest BCUT2D eigenvalue weighted by Crippen LogP contribution is -2.39. The van der Waals surface area contributed by atoms with E-state index in [0.717, 1.165) is 19.7 Å². The fourth-order valence-electron chi connectivity index (χ4n) is 2.50. The molecule has 2 heterocycles. The highest BCUT2D eigenvalue weighted by molar-refractivity contribution is 4.91. The molecule has 0 aromatic heterocycles. The van der Waals surface area contributed by atoms with Crippen LogP contribution in [0.1, 0.15) is 20.3 Å². The van der Waals surface area contributed by atoms with Crippen molar-refractivity contribution >= 4 is 0 Å². The summed E-state index contributed by atoms with van der Waals surface area (Å²) in [6.07, 6.45) is 1.58. The Hall–Kier alpha value is -0.120. The molecule has 3 nitrogen and oxygen atoms in total. The van der Waals surface area contributed by atoms with Crippen molar-refractivity contribution in [3.05, 3.63) is 0 Å². The maximum Gasteiger partial charge on any atom is 0.0703 e. The van der Waals surface area contributed by atoms with Gasteiger partial charge in [0.15, 0.2) is 0 Å². The average molecular weight is 184 g/mol. The summed E-state index contributed by atoms with van der Waals surface area (Å²) in [4.78, 5) is 2.51. The first-order valence-electron chi connectivity index (χ1n) is 5.29. The first-order valence-corrected chi connectivity index (χ1v) is 5.29. The molecule has 0 radical (unpaired) electrons. The largest absolute Gasteiger partial charge is 0.377 e. The Morgan fingerprint density at radius 3 is 2.54 bits per heavy atom. The molecule has 2 rings (SSSR count). The lowest BCUT2D eigenvalue weighted by atomic mass is 10.1. The highest BCUT2D eigenvalue weighted by atomic mass is 16.5. The maximum absolute atomic E-state index is 6.00. The molecular formula is C10H20N2O. The highest BCUT2D eigenvalue weighted by Gasteiger charge is 2.36. The highest BCUT2D eigenvalue weighted by Crippen LogP contribution is 2.25. The normalized spacial score (nSPS) is 47.3. The third-order valence-electron chi connectivity index (χ3n) is 3.50. The van der Waals surface area contributed by atoms with Crippen molar-refractivity contribution in [2.45, 2.75) is 38.5 Å². The fourth-order valence-corrected chi connectivity index (χ4v) is 2.50. The molecule has 0 bridgehead atoms. The van der Waals surface area contributed by atoms with Crippen LogP contribution in [0.15, 0.2) is 0 Å². The number of nitrogens with zero attached hydrogens (tertiary/aromatic N) is 1. The number of hydrogen-bond acceptors (Lipinski definition) is 3. The average Bonchev–Trinajstić information content (AvgIpc) is 2.60. The molecule has 76 valence electrons. The van der Waals surface area contributed by atoms with Crippen LogP contribution in [-0.4, -0.2) is 42.8 Å². The smallest absolute Gasteiger partial charge is 0.0703 e. The Labute approximate surface area is 80.2 Å². The summed E-state index contributed by atoms with van der Waals surface area (Å²) >= 11 is 0. The summed E-state index contributed by atoms with van der Waals surface area (Å²) in [5, 5.41) is 0. The van der Waals surface area contributed by atoms with Crippen LogP contribution in [0.3, 0.4) is 0 Å². The van der Waals surface area contributed by atoms with Gasteiger partial charge in [-0.25, -0.2) is 0 Å². The molecule has 2 saturated heterocycles. The Balaban J connectivity index is 1.95. The van der Waals surface area contributed by atoms with E-state index in [9.17, 15) is 0 Å². The molecule has 0 amide bonds. The fraction of sp³-hybridized carbons (Fsp3) is 1.00. The second-order valence-corrected chi connectivity index (χ2v) is 4.53. The van der Waals surface area contributed by atoms with Gasteiger partial charge >= 0.3 is 0 Å². The van der Waals surface area contributed by atoms with Crippen molar-refractivity contribution < 1.29 is 4.74 Å². The Morgan fingerprint density at radius 2 is 2.08 bits per heavy atom. The Morgan fingerprint density at radius 1 is 1.31 bits per heavy atom. The predicted octanol–water partition coefficient (Wildman–Crippen LogP) is 0.443. The van der Waals surface area contributed by atoms with Gasteiger partial charge in [-0.3, -0.25) is 4.90 Å². The van der Waals surface area contributed by atoms with Crippen LogP contribution in [-0.2, 0) is 4.74 Å². The monoisotopic (exact) mass is 184 g/mol. The van der Waals surface area contributed by atoms with Crippen LogP contribution in [0.4, 0.5) is 0 Å². The van der Waals surface area contributed by atoms with Gasteiger partial charge in [0, 0.05) is 31.8 Å². The molecule has 0 aromatic carbocycles. The number of likely N-dealkylation sites (tertiary alicyclic amines) is 1. The first-order chi connectivity index (χ1) is 6.18. The molecule has 2 aliphatic rings. The SMILES string of the molecule is CC1CN(C2CCOC2C)CC1N. The molecule has 4 atom stereocenters. The molecule has 2 aliphatic heterocycles. The van der Waals surface area contributed by atoms with Crippen LogP contribution in [0.25, 0.3) is 0 Å². The Kier molecular flexibility index (Phi) is 2.58. The minimum absolute atomic E-state index is 0.368. The molecule has 0 aromatic rings. The lowest BCUT2D eigenvalue weighted by molar-refractivity contribution is 0.0818. The molecule has 13 heavy (non-hydrogen) atoms. The molecule has 2 N–H and O–H groups in total. The lowest BCUT2D eigenvalue weighted by Gasteiger charge is -2.25. The van der Waals surface area contributed by atoms with Gasteiger partial charge in [0.05, 0.1) is 6.10 Å². The van der Waals surface area contributed by atoms with Gasteiger partial charge in [0.1, 0.15) is 0 Å². The van der Waals surface area contributed by atoms with E-state index in [1.165, 1.54) is 6.42 Å². The zero-order valence-corrected chi connectivity index (χ0v) is 8.57. The molecule has 0 spiro atoms. The zero-order chi connectivity index (χ0) is 9.42. The summed E-state index contributed by atoms with van der Waals surface area (Å²) in [5.74, 6) is 0.646. The molecule has 0 saturated carbocycles. The summed E-state index contributed by atoms with van der Waals surface area (Å²) in [6.45, 7) is 7.54. The second kappa shape index (κ2) is 3.56. The molecule has 0 aliphatic carbocycles. The summed E-state index contributed by atoms with van der Waals surface area (Å²) in [5.41, 5.74) is 6.00. The van der Waals surface area contributed by atoms with Gasteiger partial charge in [-0.1, -0.05) is 6.92 Å². The summed E-state index contributed by atoms with van der Waals surface area (Å²) < 4.78 is 5.57. The Bertz CT molecular complexity index is 176. The zero-order valence-electron chi connectivity index (χ0n) is 8.57. The van der Waals surface area contributed by atoms with Crippen molar-refractivity contribution in [1.82, 2.24) is 4.90 Å². The van der Waals surface area contributed by atoms with E-state index in [4.69, 9.17) is 10.5 Å². The quantitative estimate of drug-likeness (QED) is 0.643. The van der Waals surface area contributed by atoms with E-state index in [0.29, 0.717) is 24.1 Å². The second-order valence-electron chi connectivity index (χ2n) is 4.53. The van der Waals surface area contributed by atoms with E-state index in [2.05, 4.69) is 18.7 Å². The number of nitrogens with two attached hydrogens (primary N) is 1. The minimum Gasteiger partial charge on any atom is -0.377 e. The van der Waals surface area contributed by atoms with E-state index in [-0.39, 0.29) is 0 Å². The van der Waals surface area contributed by atoms with Gasteiger partial charge in [0.2, 0.25) is 0 Å². The van der Waals surface area contributed by atoms with Crippen molar-refractivity contribution in [3.8, 4) is 0 Å². The van der Waals surface area contributed by atoms with Crippen LogP contribution in [0.2, 0.25) is 0 Å². The standard InChI is InChI=1S/C10H20N2O/c1-7-5-12(6-9(7)11)10-3-4-13-8(10)2/h7-10H,3-6,11H2,1-2H3. The van der Waals surface area contributed by atoms with E-state index in [1.54, 1.807) is 0 Å². The van der Waals surface area contributed by atoms with E-state index >= 15 is 0 Å². The van der Waals surface area contributed by atoms with Crippen LogP contribution >= 0.6 is 0 Å². The van der Waals surface area contributed by atoms with Crippen molar-refractivity contribution in [2.75, 3.05) is 19.7 Å². The van der Waals surface area contributed by atoms with Crippen molar-refractivity contribution in [3.63, 3.8) is 0 Å². The number of ether oxygens (including phenoxy) is 1. The topological polar surface area (TPSA) is 38.5 Å². The van der Waals surface area contributed by atoms with Crippen molar-refractivity contribution in [2.24, 2.45) is 11.7 Å². The minimum atomic E-state index is 0.368. The third-order valence-corrected chi connectivity index (χ3v) is 3.50. The summed E-state index contributed by atoms with van der Waals surface area (Å²) in [6, 6.07) is 0.990. The van der Waals surface area contributed by atoms with Crippen molar-refractivity contribution in [1.29, 1.82) is 0 Å². The van der Waals surface area contributed by atoms with Gasteiger partial charge in [-0.15, -0.1) is 0 Å². The van der Waals surface area contributed by atoms with Gasteiger partial charge in [-0.05, 0) is 19.3 Å². The number of rotatable bonds is 1. The van der Waals surface area contributed by atoms with Gasteiger partial charge in [0.25, 0.3) is 0 Å². The molecular weight excluding hydrogens is 164 g/mol. The van der Waals surface area contributed by atoms with E-state index in [1.807, 2.05) is 0 Å². The van der Waals surface area contributed by atoms with Crippen LogP contribution in [0, 0.1) is 5.92 Å². The third kappa shape index (κ3) is 1.73. The first kappa shape index (κ1) is 9.44.